The van der Waals surface area contributed by atoms with Crippen molar-refractivity contribution in [1.29, 1.82) is 0 Å². The van der Waals surface area contributed by atoms with Crippen molar-refractivity contribution in [2.45, 2.75) is 123 Å². The molecule has 0 radical (unpaired) electrons. The first kappa shape index (κ1) is 27.0. The first-order valence-electron chi connectivity index (χ1n) is 13.0. The van der Waals surface area contributed by atoms with E-state index >= 15 is 0 Å². The number of rotatable bonds is 18. The third kappa shape index (κ3) is 16.7. The molecule has 2 rings (SSSR count). The van der Waals surface area contributed by atoms with Gasteiger partial charge in [0.15, 0.2) is 0 Å². The van der Waals surface area contributed by atoms with Gasteiger partial charge in [0.2, 0.25) is 0 Å². The summed E-state index contributed by atoms with van der Waals surface area (Å²) in [5, 5.41) is 4.61. The fourth-order valence-corrected chi connectivity index (χ4v) is 4.83. The van der Waals surface area contributed by atoms with E-state index in [9.17, 15) is 0 Å². The average Bonchev–Trinajstić information content (AvgIpc) is 3.49. The van der Waals surface area contributed by atoms with Gasteiger partial charge in [0, 0.05) is 12.4 Å². The Morgan fingerprint density at radius 1 is 0.700 bits per heavy atom. The van der Waals surface area contributed by atoms with Crippen LogP contribution in [0.15, 0.2) is 41.4 Å². The van der Waals surface area contributed by atoms with Crippen LogP contribution in [0.2, 0.25) is 0 Å². The van der Waals surface area contributed by atoms with E-state index in [2.05, 4.69) is 35.7 Å². The van der Waals surface area contributed by atoms with Crippen molar-refractivity contribution < 1.29 is 0 Å². The van der Waals surface area contributed by atoms with Gasteiger partial charge >= 0.3 is 0 Å². The van der Waals surface area contributed by atoms with Gasteiger partial charge in [0.25, 0.3) is 0 Å². The van der Waals surface area contributed by atoms with E-state index in [0.717, 1.165) is 5.92 Å². The van der Waals surface area contributed by atoms with Gasteiger partial charge in [0.1, 0.15) is 0 Å². The van der Waals surface area contributed by atoms with Crippen LogP contribution in [-0.4, -0.2) is 4.98 Å². The van der Waals surface area contributed by atoms with Gasteiger partial charge in [-0.05, 0) is 46.9 Å². The van der Waals surface area contributed by atoms with Gasteiger partial charge in [-0.25, -0.2) is 0 Å². The summed E-state index contributed by atoms with van der Waals surface area (Å²) in [6, 6.07) is 6.23. The molecule has 2 aromatic rings. The molecule has 0 aliphatic heterocycles. The van der Waals surface area contributed by atoms with E-state index in [4.69, 9.17) is 0 Å². The Hall–Kier alpha value is -1.02. The smallest absolute Gasteiger partial charge is 0.000496 e. The zero-order valence-corrected chi connectivity index (χ0v) is 20.9. The quantitative estimate of drug-likeness (QED) is 0.226. The molecule has 0 bridgehead atoms. The number of hydrogen-bond acceptors (Lipinski definition) is 1. The molecular formula is C28H49NS. The predicted molar refractivity (Wildman–Crippen MR) is 138 cm³/mol. The summed E-state index contributed by atoms with van der Waals surface area (Å²) in [5.41, 5.74) is 1.58. The minimum absolute atomic E-state index is 0.931. The molecule has 172 valence electrons. The Morgan fingerprint density at radius 2 is 1.20 bits per heavy atom. The molecule has 0 aliphatic carbocycles. The van der Waals surface area contributed by atoms with E-state index in [-0.39, 0.29) is 0 Å². The SMILES string of the molecule is CCCCCCCCCCC(CCCCCCCC)Cc1ccsc1.c1cc[nH]c1. The lowest BCUT2D eigenvalue weighted by atomic mass is 9.89. The number of thiophene rings is 1. The lowest BCUT2D eigenvalue weighted by Gasteiger charge is -2.16. The predicted octanol–water partition coefficient (Wildman–Crippen LogP) is 10.2. The molecule has 0 fully saturated rings. The van der Waals surface area contributed by atoms with E-state index in [1.165, 1.54) is 109 Å². The summed E-state index contributed by atoms with van der Waals surface area (Å²) in [5.74, 6) is 0.931. The van der Waals surface area contributed by atoms with Gasteiger partial charge < -0.3 is 4.98 Å². The fraction of sp³-hybridized carbons (Fsp3) is 0.714. The maximum absolute atomic E-state index is 2.86. The summed E-state index contributed by atoms with van der Waals surface area (Å²) in [4.78, 5) is 2.86. The number of aromatic amines is 1. The highest BCUT2D eigenvalue weighted by atomic mass is 32.1. The molecule has 0 amide bonds. The van der Waals surface area contributed by atoms with Crippen LogP contribution in [0, 0.1) is 5.92 Å². The van der Waals surface area contributed by atoms with Crippen LogP contribution in [0.3, 0.4) is 0 Å². The second-order valence-electron chi connectivity index (χ2n) is 8.91. The van der Waals surface area contributed by atoms with Crippen LogP contribution in [0.1, 0.15) is 122 Å². The summed E-state index contributed by atoms with van der Waals surface area (Å²) in [6.45, 7) is 4.61. The molecule has 30 heavy (non-hydrogen) atoms. The van der Waals surface area contributed by atoms with Crippen LogP contribution >= 0.6 is 11.3 Å². The molecule has 0 aromatic carbocycles. The van der Waals surface area contributed by atoms with Gasteiger partial charge in [0.05, 0.1) is 0 Å². The zero-order chi connectivity index (χ0) is 21.5. The number of aromatic nitrogens is 1. The molecule has 0 spiro atoms. The Bertz CT molecular complexity index is 500. The molecular weight excluding hydrogens is 382 g/mol. The lowest BCUT2D eigenvalue weighted by molar-refractivity contribution is 0.400. The Morgan fingerprint density at radius 3 is 1.60 bits per heavy atom. The number of H-pyrrole nitrogens is 1. The van der Waals surface area contributed by atoms with E-state index in [1.807, 2.05) is 35.9 Å². The highest BCUT2D eigenvalue weighted by molar-refractivity contribution is 7.07. The first-order valence-corrected chi connectivity index (χ1v) is 13.9. The molecule has 1 N–H and O–H groups in total. The Kier molecular flexibility index (Phi) is 19.1. The van der Waals surface area contributed by atoms with Crippen molar-refractivity contribution in [2.24, 2.45) is 5.92 Å². The van der Waals surface area contributed by atoms with Gasteiger partial charge in [-0.1, -0.05) is 117 Å². The van der Waals surface area contributed by atoms with E-state index < -0.39 is 0 Å². The topological polar surface area (TPSA) is 15.8 Å². The largest absolute Gasteiger partial charge is 0.368 e. The minimum atomic E-state index is 0.931. The molecule has 1 nitrogen and oxygen atoms in total. The number of nitrogens with one attached hydrogen (secondary N) is 1. The molecule has 1 unspecified atom stereocenters. The summed E-state index contributed by atoms with van der Waals surface area (Å²) >= 11 is 1.86. The van der Waals surface area contributed by atoms with Crippen LogP contribution in [0.5, 0.6) is 0 Å². The summed E-state index contributed by atoms with van der Waals surface area (Å²) in [6.07, 6.45) is 28.2. The third-order valence-electron chi connectivity index (χ3n) is 6.03. The van der Waals surface area contributed by atoms with Crippen LogP contribution in [0.25, 0.3) is 0 Å². The average molecular weight is 432 g/mol. The third-order valence-corrected chi connectivity index (χ3v) is 6.76. The maximum Gasteiger partial charge on any atom is 0.000496 e. The second kappa shape index (κ2) is 21.2. The van der Waals surface area contributed by atoms with Gasteiger partial charge in [-0.2, -0.15) is 11.3 Å². The van der Waals surface area contributed by atoms with Crippen LogP contribution < -0.4 is 0 Å². The second-order valence-corrected chi connectivity index (χ2v) is 9.69. The summed E-state index contributed by atoms with van der Waals surface area (Å²) < 4.78 is 0. The van der Waals surface area contributed by atoms with E-state index in [0.29, 0.717) is 0 Å². The molecule has 2 aromatic heterocycles. The minimum Gasteiger partial charge on any atom is -0.368 e. The Labute approximate surface area is 192 Å². The Balaban J connectivity index is 0.000000780. The standard InChI is InChI=1S/C24H44S.C4H5N/c1-3-5-7-9-11-12-14-16-18-23(21-24-19-20-25-22-24)17-15-13-10-8-6-4-2;1-2-4-5-3-1/h19-20,22-23H,3-18,21H2,1-2H3;1-5H. The fourth-order valence-electron chi connectivity index (χ4n) is 4.15. The lowest BCUT2D eigenvalue weighted by Crippen LogP contribution is -2.05. The monoisotopic (exact) mass is 431 g/mol. The molecule has 2 heterocycles. The van der Waals surface area contributed by atoms with Crippen molar-refractivity contribution in [3.8, 4) is 0 Å². The highest BCUT2D eigenvalue weighted by Crippen LogP contribution is 2.24. The van der Waals surface area contributed by atoms with Crippen molar-refractivity contribution in [2.75, 3.05) is 0 Å². The molecule has 0 aliphatic rings. The first-order chi connectivity index (χ1) is 14.9. The number of hydrogen-bond donors (Lipinski definition) is 1. The van der Waals surface area contributed by atoms with Gasteiger partial charge in [-0.15, -0.1) is 0 Å². The number of unbranched alkanes of at least 4 members (excludes halogenated alkanes) is 12. The molecule has 2 heteroatoms. The highest BCUT2D eigenvalue weighted by Gasteiger charge is 2.10. The molecule has 1 atom stereocenters. The zero-order valence-electron chi connectivity index (χ0n) is 20.0. The maximum atomic E-state index is 2.86. The van der Waals surface area contributed by atoms with Crippen molar-refractivity contribution in [1.82, 2.24) is 4.98 Å². The molecule has 0 saturated heterocycles. The van der Waals surface area contributed by atoms with Crippen molar-refractivity contribution in [3.05, 3.63) is 46.9 Å². The van der Waals surface area contributed by atoms with Crippen molar-refractivity contribution >= 4 is 11.3 Å². The van der Waals surface area contributed by atoms with Crippen LogP contribution in [0.4, 0.5) is 0 Å². The van der Waals surface area contributed by atoms with E-state index in [1.54, 1.807) is 5.56 Å². The van der Waals surface area contributed by atoms with Crippen LogP contribution in [-0.2, 0) is 6.42 Å². The van der Waals surface area contributed by atoms with Crippen molar-refractivity contribution in [3.63, 3.8) is 0 Å². The van der Waals surface area contributed by atoms with Gasteiger partial charge in [-0.3, -0.25) is 0 Å². The normalized spacial score (nSPS) is 11.8. The molecule has 0 saturated carbocycles. The summed E-state index contributed by atoms with van der Waals surface area (Å²) in [7, 11) is 0.